The smallest absolute Gasteiger partial charge is 0.410 e. The number of carbonyl (C=O) groups excluding carboxylic acids is 1. The number of amides is 1. The van der Waals surface area contributed by atoms with Crippen LogP contribution in [0.2, 0.25) is 0 Å². The van der Waals surface area contributed by atoms with Crippen molar-refractivity contribution in [3.8, 4) is 11.5 Å². The van der Waals surface area contributed by atoms with E-state index in [1.54, 1.807) is 29.8 Å². The molecule has 0 aromatic heterocycles. The van der Waals surface area contributed by atoms with Crippen LogP contribution in [0.5, 0.6) is 11.5 Å². The zero-order valence-electron chi connectivity index (χ0n) is 35.1. The van der Waals surface area contributed by atoms with Crippen LogP contribution >= 0.6 is 11.8 Å². The first kappa shape index (κ1) is 44.3. The Kier molecular flexibility index (Phi) is 15.6. The van der Waals surface area contributed by atoms with Gasteiger partial charge in [0.1, 0.15) is 29.7 Å². The Labute approximate surface area is 354 Å². The molecule has 6 unspecified atom stereocenters. The van der Waals surface area contributed by atoms with Gasteiger partial charge in [-0.3, -0.25) is 0 Å². The molecule has 6 atom stereocenters. The first-order valence-electron chi connectivity index (χ1n) is 21.1. The second kappa shape index (κ2) is 20.8. The van der Waals surface area contributed by atoms with Crippen molar-refractivity contribution in [1.82, 2.24) is 4.90 Å². The summed E-state index contributed by atoms with van der Waals surface area (Å²) >= 11 is 1.75. The number of thioether (sulfide) groups is 1. The SMILES string of the molecule is C=CCOC12Oc3ccc(OCCSc4ccccc4)cc3C3C(CCCCO)C(CCCCO)C=C(C(=NOC(C)(C)C)CC1N(C)C(=O)OCc1ccccc1)C32. The summed E-state index contributed by atoms with van der Waals surface area (Å²) in [6.07, 6.45) is 8.61. The minimum Gasteiger partial charge on any atom is -0.493 e. The Balaban J connectivity index is 1.47. The summed E-state index contributed by atoms with van der Waals surface area (Å²) in [5.74, 6) is 0.500. The van der Waals surface area contributed by atoms with Crippen LogP contribution in [-0.2, 0) is 20.9 Å². The summed E-state index contributed by atoms with van der Waals surface area (Å²) in [6, 6.07) is 25.3. The van der Waals surface area contributed by atoms with Crippen molar-refractivity contribution in [3.05, 3.63) is 114 Å². The van der Waals surface area contributed by atoms with E-state index in [4.69, 9.17) is 28.9 Å². The van der Waals surface area contributed by atoms with Gasteiger partial charge in [0.2, 0.25) is 5.79 Å². The minimum absolute atomic E-state index is 0.103. The second-order valence-corrected chi connectivity index (χ2v) is 17.8. The highest BCUT2D eigenvalue weighted by Crippen LogP contribution is 2.62. The Morgan fingerprint density at radius 3 is 2.41 bits per heavy atom. The van der Waals surface area contributed by atoms with Crippen LogP contribution in [0.1, 0.15) is 82.8 Å². The van der Waals surface area contributed by atoms with Crippen LogP contribution in [0.3, 0.4) is 0 Å². The third kappa shape index (κ3) is 10.9. The lowest BCUT2D eigenvalue weighted by Gasteiger charge is -2.59. The largest absolute Gasteiger partial charge is 0.493 e. The molecule has 11 heteroatoms. The molecule has 0 saturated heterocycles. The van der Waals surface area contributed by atoms with Crippen molar-refractivity contribution in [3.63, 3.8) is 0 Å². The van der Waals surface area contributed by atoms with Crippen molar-refractivity contribution in [2.45, 2.75) is 101 Å². The summed E-state index contributed by atoms with van der Waals surface area (Å²) in [6.45, 7) is 11.0. The number of unbranched alkanes of at least 4 members (excludes halogenated alkanes) is 2. The molecule has 1 fully saturated rings. The molecule has 1 amide bonds. The molecule has 0 radical (unpaired) electrons. The van der Waals surface area contributed by atoms with Gasteiger partial charge in [-0.25, -0.2) is 4.79 Å². The van der Waals surface area contributed by atoms with Gasteiger partial charge in [-0.05, 0) is 99.8 Å². The monoisotopic (exact) mass is 826 g/mol. The van der Waals surface area contributed by atoms with E-state index in [-0.39, 0.29) is 50.6 Å². The predicted octanol–water partition coefficient (Wildman–Crippen LogP) is 9.56. The standard InChI is InChI=1S/C48H62N2O8S/c1-6-27-56-48-43(50(5)46(53)55-33-34-17-9-7-10-18-34)32-41(49-58-47(2,3)4)39-30-35(19-13-15-25-51)38(22-14-16-26-52)44(45(39)48)40-31-36(23-24-42(40)57-48)54-28-29-59-37-20-11-8-12-21-37/h6-12,17-18,20-21,23-24,30-31,35,38,43-45,51-52H,1,13-16,19,22,25-29,32-33H2,2-5H3. The molecule has 318 valence electrons. The lowest BCUT2D eigenvalue weighted by Crippen LogP contribution is -2.69. The summed E-state index contributed by atoms with van der Waals surface area (Å²) in [5.41, 5.74) is 3.04. The Bertz CT molecular complexity index is 1880. The number of aliphatic hydroxyl groups excluding tert-OH is 2. The third-order valence-electron chi connectivity index (χ3n) is 11.4. The number of allylic oxidation sites excluding steroid dienone is 1. The average molecular weight is 827 g/mol. The molecule has 3 aromatic rings. The van der Waals surface area contributed by atoms with E-state index >= 15 is 0 Å². The molecular formula is C48H62N2O8S. The number of carbonyl (C=O) groups is 1. The lowest BCUT2D eigenvalue weighted by atomic mass is 9.55. The normalized spacial score (nSPS) is 23.9. The highest BCUT2D eigenvalue weighted by molar-refractivity contribution is 7.99. The Hall–Kier alpha value is -4.29. The number of likely N-dealkylation sites (N-methyl/N-ethyl adjacent to an activating group) is 1. The summed E-state index contributed by atoms with van der Waals surface area (Å²) in [5, 5.41) is 24.7. The van der Waals surface area contributed by atoms with E-state index in [1.807, 2.05) is 81.4 Å². The number of hydrogen-bond acceptors (Lipinski definition) is 10. The lowest BCUT2D eigenvalue weighted by molar-refractivity contribution is -0.253. The molecule has 59 heavy (non-hydrogen) atoms. The molecule has 2 N–H and O–H groups in total. The first-order chi connectivity index (χ1) is 28.6. The van der Waals surface area contributed by atoms with E-state index < -0.39 is 29.4 Å². The van der Waals surface area contributed by atoms with Crippen LogP contribution < -0.4 is 9.47 Å². The van der Waals surface area contributed by atoms with Gasteiger partial charge in [-0.2, -0.15) is 0 Å². The van der Waals surface area contributed by atoms with Gasteiger partial charge in [0.25, 0.3) is 0 Å². The maximum absolute atomic E-state index is 14.1. The summed E-state index contributed by atoms with van der Waals surface area (Å²) in [7, 11) is 1.74. The van der Waals surface area contributed by atoms with Crippen LogP contribution in [0.15, 0.2) is 113 Å². The van der Waals surface area contributed by atoms with Crippen LogP contribution in [-0.4, -0.2) is 83.6 Å². The number of benzene rings is 3. The van der Waals surface area contributed by atoms with Crippen molar-refractivity contribution in [2.24, 2.45) is 22.9 Å². The molecule has 3 aliphatic rings. The first-order valence-corrected chi connectivity index (χ1v) is 22.1. The van der Waals surface area contributed by atoms with E-state index in [1.165, 1.54) is 4.90 Å². The highest BCUT2D eigenvalue weighted by atomic mass is 32.2. The van der Waals surface area contributed by atoms with E-state index in [9.17, 15) is 15.0 Å². The number of fused-ring (bicyclic) bond motifs is 2. The summed E-state index contributed by atoms with van der Waals surface area (Å²) in [4.78, 5) is 23.1. The van der Waals surface area contributed by atoms with Crippen molar-refractivity contribution in [2.75, 3.05) is 39.2 Å². The molecule has 6 rings (SSSR count). The maximum atomic E-state index is 14.1. The van der Waals surface area contributed by atoms with Crippen molar-refractivity contribution < 1.29 is 38.8 Å². The van der Waals surface area contributed by atoms with Gasteiger partial charge in [0.15, 0.2) is 0 Å². The van der Waals surface area contributed by atoms with Gasteiger partial charge in [0.05, 0.1) is 24.8 Å². The number of nitrogens with zero attached hydrogens (tertiary/aromatic N) is 2. The minimum atomic E-state index is -1.36. The van der Waals surface area contributed by atoms with Gasteiger partial charge >= 0.3 is 6.09 Å². The van der Waals surface area contributed by atoms with Crippen molar-refractivity contribution >= 4 is 23.6 Å². The van der Waals surface area contributed by atoms with Crippen molar-refractivity contribution in [1.29, 1.82) is 0 Å². The second-order valence-electron chi connectivity index (χ2n) is 16.6. The molecular weight excluding hydrogens is 765 g/mol. The maximum Gasteiger partial charge on any atom is 0.410 e. The fourth-order valence-corrected chi connectivity index (χ4v) is 9.55. The van der Waals surface area contributed by atoms with Crippen LogP contribution in [0.25, 0.3) is 0 Å². The summed E-state index contributed by atoms with van der Waals surface area (Å²) < 4.78 is 26.6. The molecule has 0 bridgehead atoms. The van der Waals surface area contributed by atoms with Gasteiger partial charge < -0.3 is 38.9 Å². The zero-order valence-corrected chi connectivity index (χ0v) is 35.9. The van der Waals surface area contributed by atoms with Gasteiger partial charge in [0, 0.05) is 48.8 Å². The fourth-order valence-electron chi connectivity index (χ4n) is 8.79. The predicted molar refractivity (Wildman–Crippen MR) is 233 cm³/mol. The molecule has 3 aromatic carbocycles. The van der Waals surface area contributed by atoms with E-state index in [0.717, 1.165) is 59.6 Å². The molecule has 2 aliphatic carbocycles. The molecule has 10 nitrogen and oxygen atoms in total. The van der Waals surface area contributed by atoms with Crippen LogP contribution in [0, 0.1) is 17.8 Å². The highest BCUT2D eigenvalue weighted by Gasteiger charge is 2.65. The van der Waals surface area contributed by atoms with E-state index in [2.05, 4.69) is 30.9 Å². The van der Waals surface area contributed by atoms with Gasteiger partial charge in [-0.15, -0.1) is 18.3 Å². The Morgan fingerprint density at radius 1 is 1.00 bits per heavy atom. The number of oxime groups is 1. The number of hydrogen-bond donors (Lipinski definition) is 2. The fraction of sp³-hybridized carbons (Fsp3) is 0.500. The average Bonchev–Trinajstić information content (AvgIpc) is 3.24. The van der Waals surface area contributed by atoms with Crippen LogP contribution in [0.4, 0.5) is 4.79 Å². The molecule has 1 saturated carbocycles. The topological polar surface area (TPSA) is 119 Å². The molecule has 1 aliphatic heterocycles. The number of aliphatic hydroxyl groups is 2. The molecule has 0 spiro atoms. The van der Waals surface area contributed by atoms with Gasteiger partial charge in [-0.1, -0.05) is 78.7 Å². The Morgan fingerprint density at radius 2 is 1.71 bits per heavy atom. The number of rotatable bonds is 20. The van der Waals surface area contributed by atoms with E-state index in [0.29, 0.717) is 25.2 Å². The molecule has 1 heterocycles. The third-order valence-corrected chi connectivity index (χ3v) is 12.4. The quantitative estimate of drug-likeness (QED) is 0.0497. The number of ether oxygens (including phenoxy) is 4. The zero-order chi connectivity index (χ0) is 41.8.